The SMILES string of the molecule is CC(S)OCCN1CCCC1. The summed E-state index contributed by atoms with van der Waals surface area (Å²) in [5.41, 5.74) is 0.0811. The lowest BCUT2D eigenvalue weighted by Gasteiger charge is -2.15. The first-order chi connectivity index (χ1) is 5.29. The molecule has 0 radical (unpaired) electrons. The summed E-state index contributed by atoms with van der Waals surface area (Å²) in [6.07, 6.45) is 2.72. The highest BCUT2D eigenvalue weighted by Gasteiger charge is 2.10. The summed E-state index contributed by atoms with van der Waals surface area (Å²) in [6.45, 7) is 6.36. The molecule has 1 heterocycles. The van der Waals surface area contributed by atoms with Gasteiger partial charge in [0.15, 0.2) is 0 Å². The van der Waals surface area contributed by atoms with Crippen molar-refractivity contribution in [1.82, 2.24) is 4.90 Å². The Bertz CT molecular complexity index is 102. The standard InChI is InChI=1S/C8H17NOS/c1-8(11)10-7-6-9-4-2-3-5-9/h8,11H,2-7H2,1H3. The van der Waals surface area contributed by atoms with Crippen molar-refractivity contribution >= 4 is 12.6 Å². The number of hydrogen-bond donors (Lipinski definition) is 1. The highest BCUT2D eigenvalue weighted by Crippen LogP contribution is 2.06. The van der Waals surface area contributed by atoms with Crippen molar-refractivity contribution in [3.63, 3.8) is 0 Å². The van der Waals surface area contributed by atoms with Crippen LogP contribution in [0.3, 0.4) is 0 Å². The monoisotopic (exact) mass is 175 g/mol. The van der Waals surface area contributed by atoms with E-state index in [4.69, 9.17) is 4.74 Å². The van der Waals surface area contributed by atoms with Gasteiger partial charge in [0.05, 0.1) is 12.0 Å². The van der Waals surface area contributed by atoms with Crippen molar-refractivity contribution in [2.45, 2.75) is 25.2 Å². The molecule has 0 aliphatic carbocycles. The lowest BCUT2D eigenvalue weighted by Crippen LogP contribution is -2.24. The molecule has 0 aromatic rings. The Morgan fingerprint density at radius 1 is 1.45 bits per heavy atom. The Hall–Kier alpha value is 0.270. The Morgan fingerprint density at radius 3 is 2.64 bits per heavy atom. The molecule has 1 saturated heterocycles. The van der Waals surface area contributed by atoms with Gasteiger partial charge in [0.25, 0.3) is 0 Å². The first-order valence-electron chi connectivity index (χ1n) is 4.31. The van der Waals surface area contributed by atoms with Crippen LogP contribution in [-0.4, -0.2) is 36.6 Å². The first-order valence-corrected chi connectivity index (χ1v) is 4.83. The second kappa shape index (κ2) is 5.01. The minimum absolute atomic E-state index is 0.0811. The molecular weight excluding hydrogens is 158 g/mol. The molecule has 1 aliphatic rings. The molecule has 2 nitrogen and oxygen atoms in total. The van der Waals surface area contributed by atoms with E-state index < -0.39 is 0 Å². The van der Waals surface area contributed by atoms with Gasteiger partial charge in [0, 0.05) is 6.54 Å². The fraction of sp³-hybridized carbons (Fsp3) is 1.00. The van der Waals surface area contributed by atoms with Gasteiger partial charge in [-0.1, -0.05) is 0 Å². The molecule has 1 atom stereocenters. The van der Waals surface area contributed by atoms with E-state index in [0.717, 1.165) is 13.2 Å². The van der Waals surface area contributed by atoms with Gasteiger partial charge in [0.2, 0.25) is 0 Å². The fourth-order valence-corrected chi connectivity index (χ4v) is 1.46. The summed E-state index contributed by atoms with van der Waals surface area (Å²) in [7, 11) is 0. The normalized spacial score (nSPS) is 22.4. The zero-order valence-electron chi connectivity index (χ0n) is 7.12. The molecule has 1 unspecified atom stereocenters. The first kappa shape index (κ1) is 9.36. The molecular formula is C8H17NOS. The van der Waals surface area contributed by atoms with Crippen LogP contribution in [0.25, 0.3) is 0 Å². The van der Waals surface area contributed by atoms with Gasteiger partial charge >= 0.3 is 0 Å². The Balaban J connectivity index is 1.94. The summed E-state index contributed by atoms with van der Waals surface area (Å²) in [6, 6.07) is 0. The molecule has 3 heteroatoms. The minimum Gasteiger partial charge on any atom is -0.367 e. The van der Waals surface area contributed by atoms with Crippen LogP contribution in [0.15, 0.2) is 0 Å². The third-order valence-electron chi connectivity index (χ3n) is 1.97. The van der Waals surface area contributed by atoms with Gasteiger partial charge in [0.1, 0.15) is 0 Å². The number of likely N-dealkylation sites (tertiary alicyclic amines) is 1. The molecule has 0 N–H and O–H groups in total. The number of rotatable bonds is 4. The lowest BCUT2D eigenvalue weighted by atomic mass is 10.4. The highest BCUT2D eigenvalue weighted by molar-refractivity contribution is 7.80. The Morgan fingerprint density at radius 2 is 2.09 bits per heavy atom. The predicted molar refractivity (Wildman–Crippen MR) is 50.1 cm³/mol. The Kier molecular flexibility index (Phi) is 4.26. The minimum atomic E-state index is 0.0811. The second-order valence-corrected chi connectivity index (χ2v) is 3.75. The number of nitrogens with zero attached hydrogens (tertiary/aromatic N) is 1. The van der Waals surface area contributed by atoms with Gasteiger partial charge in [-0.05, 0) is 32.9 Å². The van der Waals surface area contributed by atoms with E-state index in [2.05, 4.69) is 17.5 Å². The third kappa shape index (κ3) is 3.99. The number of thiol groups is 1. The van der Waals surface area contributed by atoms with E-state index in [1.807, 2.05) is 6.92 Å². The van der Waals surface area contributed by atoms with Crippen molar-refractivity contribution in [2.24, 2.45) is 0 Å². The second-order valence-electron chi connectivity index (χ2n) is 3.02. The van der Waals surface area contributed by atoms with Gasteiger partial charge in [-0.3, -0.25) is 0 Å². The van der Waals surface area contributed by atoms with Crippen molar-refractivity contribution < 1.29 is 4.74 Å². The third-order valence-corrected chi connectivity index (χ3v) is 2.11. The molecule has 66 valence electrons. The van der Waals surface area contributed by atoms with Crippen LogP contribution in [0.1, 0.15) is 19.8 Å². The summed E-state index contributed by atoms with van der Waals surface area (Å²) in [4.78, 5) is 2.44. The molecule has 1 fully saturated rings. The summed E-state index contributed by atoms with van der Waals surface area (Å²) in [5, 5.41) is 0. The van der Waals surface area contributed by atoms with E-state index in [9.17, 15) is 0 Å². The van der Waals surface area contributed by atoms with Crippen LogP contribution in [0.2, 0.25) is 0 Å². The van der Waals surface area contributed by atoms with Crippen molar-refractivity contribution in [1.29, 1.82) is 0 Å². The maximum atomic E-state index is 5.33. The largest absolute Gasteiger partial charge is 0.367 e. The van der Waals surface area contributed by atoms with Gasteiger partial charge in [-0.2, -0.15) is 0 Å². The molecule has 0 bridgehead atoms. The van der Waals surface area contributed by atoms with Crippen molar-refractivity contribution in [3.8, 4) is 0 Å². The molecule has 0 saturated carbocycles. The number of ether oxygens (including phenoxy) is 1. The van der Waals surface area contributed by atoms with Crippen LogP contribution >= 0.6 is 12.6 Å². The van der Waals surface area contributed by atoms with E-state index >= 15 is 0 Å². The summed E-state index contributed by atoms with van der Waals surface area (Å²) < 4.78 is 5.33. The van der Waals surface area contributed by atoms with E-state index in [1.165, 1.54) is 25.9 Å². The van der Waals surface area contributed by atoms with E-state index in [-0.39, 0.29) is 5.44 Å². The molecule has 0 aromatic carbocycles. The van der Waals surface area contributed by atoms with Crippen molar-refractivity contribution in [3.05, 3.63) is 0 Å². The number of hydrogen-bond acceptors (Lipinski definition) is 3. The van der Waals surface area contributed by atoms with Gasteiger partial charge in [-0.25, -0.2) is 0 Å². The molecule has 0 aromatic heterocycles. The maximum Gasteiger partial charge on any atom is 0.0972 e. The van der Waals surface area contributed by atoms with Crippen LogP contribution in [0, 0.1) is 0 Å². The zero-order valence-corrected chi connectivity index (χ0v) is 8.02. The quantitative estimate of drug-likeness (QED) is 0.512. The maximum absolute atomic E-state index is 5.33. The molecule has 0 amide bonds. The molecule has 0 spiro atoms. The molecule has 1 aliphatic heterocycles. The smallest absolute Gasteiger partial charge is 0.0972 e. The van der Waals surface area contributed by atoms with Gasteiger partial charge < -0.3 is 9.64 Å². The fourth-order valence-electron chi connectivity index (χ4n) is 1.36. The van der Waals surface area contributed by atoms with Crippen molar-refractivity contribution in [2.75, 3.05) is 26.2 Å². The van der Waals surface area contributed by atoms with Crippen LogP contribution < -0.4 is 0 Å². The molecule has 1 rings (SSSR count). The Labute approximate surface area is 74.3 Å². The zero-order chi connectivity index (χ0) is 8.10. The van der Waals surface area contributed by atoms with Gasteiger partial charge in [-0.15, -0.1) is 12.6 Å². The van der Waals surface area contributed by atoms with Crippen LogP contribution in [0.4, 0.5) is 0 Å². The highest BCUT2D eigenvalue weighted by atomic mass is 32.1. The van der Waals surface area contributed by atoms with E-state index in [1.54, 1.807) is 0 Å². The van der Waals surface area contributed by atoms with Crippen LogP contribution in [-0.2, 0) is 4.74 Å². The topological polar surface area (TPSA) is 12.5 Å². The summed E-state index contributed by atoms with van der Waals surface area (Å²) >= 11 is 4.13. The predicted octanol–water partition coefficient (Wildman–Crippen LogP) is 1.37. The van der Waals surface area contributed by atoms with Crippen LogP contribution in [0.5, 0.6) is 0 Å². The average Bonchev–Trinajstić information content (AvgIpc) is 2.39. The molecule has 11 heavy (non-hydrogen) atoms. The summed E-state index contributed by atoms with van der Waals surface area (Å²) in [5.74, 6) is 0. The van der Waals surface area contributed by atoms with E-state index in [0.29, 0.717) is 0 Å². The lowest BCUT2D eigenvalue weighted by molar-refractivity contribution is 0.103. The average molecular weight is 175 g/mol.